The predicted octanol–water partition coefficient (Wildman–Crippen LogP) is 3.35. The highest BCUT2D eigenvalue weighted by molar-refractivity contribution is 7.03. The minimum Gasteiger partial charge on any atom is -0.377 e. The predicted molar refractivity (Wildman–Crippen MR) is 75.8 cm³/mol. The summed E-state index contributed by atoms with van der Waals surface area (Å²) in [7, 11) is 0. The average molecular weight is 325 g/mol. The fraction of sp³-hybridized carbons (Fsp3) is 0.154. The van der Waals surface area contributed by atoms with Crippen molar-refractivity contribution in [2.75, 3.05) is 5.32 Å². The van der Waals surface area contributed by atoms with Crippen molar-refractivity contribution in [1.82, 2.24) is 19.4 Å². The first-order valence-electron chi connectivity index (χ1n) is 6.24. The molecule has 9 heteroatoms. The van der Waals surface area contributed by atoms with Crippen LogP contribution in [-0.2, 0) is 12.7 Å². The fourth-order valence-electron chi connectivity index (χ4n) is 1.81. The minimum atomic E-state index is -4.34. The van der Waals surface area contributed by atoms with E-state index in [1.165, 1.54) is 28.3 Å². The van der Waals surface area contributed by atoms with Crippen LogP contribution >= 0.6 is 11.5 Å². The molecule has 1 aromatic carbocycles. The van der Waals surface area contributed by atoms with E-state index in [2.05, 4.69) is 20.0 Å². The molecule has 22 heavy (non-hydrogen) atoms. The maximum absolute atomic E-state index is 12.5. The Kier molecular flexibility index (Phi) is 3.80. The van der Waals surface area contributed by atoms with Gasteiger partial charge in [0.15, 0.2) is 0 Å². The minimum absolute atomic E-state index is 0.509. The monoisotopic (exact) mass is 325 g/mol. The average Bonchev–Trinajstić information content (AvgIpc) is 3.16. The molecule has 0 spiro atoms. The number of nitrogens with one attached hydrogen (secondary N) is 1. The first kappa shape index (κ1) is 14.5. The van der Waals surface area contributed by atoms with Gasteiger partial charge in [-0.3, -0.25) is 0 Å². The smallest absolute Gasteiger partial charge is 0.377 e. The Bertz CT molecular complexity index is 734. The molecule has 2 heterocycles. The lowest BCUT2D eigenvalue weighted by atomic mass is 10.2. The quantitative estimate of drug-likeness (QED) is 0.799. The lowest BCUT2D eigenvalue weighted by Crippen LogP contribution is -2.05. The molecule has 0 radical (unpaired) electrons. The molecule has 0 unspecified atom stereocenters. The summed E-state index contributed by atoms with van der Waals surface area (Å²) in [6.45, 7) is 0.509. The second-order valence-corrected chi connectivity index (χ2v) is 5.08. The van der Waals surface area contributed by atoms with Crippen molar-refractivity contribution < 1.29 is 13.2 Å². The molecule has 2 aromatic heterocycles. The molecule has 0 saturated heterocycles. The van der Waals surface area contributed by atoms with Crippen LogP contribution in [-0.4, -0.2) is 19.4 Å². The van der Waals surface area contributed by atoms with E-state index < -0.39 is 11.7 Å². The summed E-state index contributed by atoms with van der Waals surface area (Å²) >= 11 is 1.27. The number of hydrogen-bond donors (Lipinski definition) is 1. The standard InChI is InChI=1S/C13H10F3N5S/c14-13(15,16)9-1-3-12(4-2-9)21-7-10(6-18-21)17-5-11-8-22-20-19-11/h1-4,6-8,17H,5H2. The van der Waals surface area contributed by atoms with Crippen molar-refractivity contribution in [3.8, 4) is 5.69 Å². The topological polar surface area (TPSA) is 55.6 Å². The summed E-state index contributed by atoms with van der Waals surface area (Å²) in [6.07, 6.45) is -1.04. The van der Waals surface area contributed by atoms with E-state index in [4.69, 9.17) is 0 Å². The van der Waals surface area contributed by atoms with Gasteiger partial charge in [0.05, 0.1) is 41.6 Å². The van der Waals surface area contributed by atoms with Gasteiger partial charge in [-0.15, -0.1) is 5.10 Å². The summed E-state index contributed by atoms with van der Waals surface area (Å²) in [5, 5.41) is 13.0. The summed E-state index contributed by atoms with van der Waals surface area (Å²) in [5.41, 5.74) is 1.43. The van der Waals surface area contributed by atoms with E-state index in [0.29, 0.717) is 12.2 Å². The number of rotatable bonds is 4. The summed E-state index contributed by atoms with van der Waals surface area (Å²) in [5.74, 6) is 0. The summed E-state index contributed by atoms with van der Waals surface area (Å²) in [6, 6.07) is 4.82. The normalized spacial score (nSPS) is 11.6. The molecule has 0 bridgehead atoms. The fourth-order valence-corrected chi connectivity index (χ4v) is 2.26. The second kappa shape index (κ2) is 5.76. The maximum Gasteiger partial charge on any atom is 0.416 e. The first-order chi connectivity index (χ1) is 10.5. The van der Waals surface area contributed by atoms with Gasteiger partial charge in [0.2, 0.25) is 0 Å². The van der Waals surface area contributed by atoms with Gasteiger partial charge < -0.3 is 5.32 Å². The molecule has 0 aliphatic heterocycles. The molecule has 0 saturated carbocycles. The van der Waals surface area contributed by atoms with Crippen molar-refractivity contribution in [2.24, 2.45) is 0 Å². The zero-order valence-electron chi connectivity index (χ0n) is 11.1. The van der Waals surface area contributed by atoms with Crippen LogP contribution < -0.4 is 5.32 Å². The highest BCUT2D eigenvalue weighted by Gasteiger charge is 2.29. The van der Waals surface area contributed by atoms with Crippen LogP contribution in [0.25, 0.3) is 5.69 Å². The molecule has 0 amide bonds. The maximum atomic E-state index is 12.5. The Labute approximate surface area is 127 Å². The van der Waals surface area contributed by atoms with Crippen LogP contribution in [0, 0.1) is 0 Å². The second-order valence-electron chi connectivity index (χ2n) is 4.47. The third-order valence-corrected chi connectivity index (χ3v) is 3.47. The number of hydrogen-bond acceptors (Lipinski definition) is 5. The zero-order chi connectivity index (χ0) is 15.6. The van der Waals surface area contributed by atoms with E-state index in [1.807, 2.05) is 5.38 Å². The molecule has 3 aromatic rings. The molecule has 0 aliphatic rings. The summed E-state index contributed by atoms with van der Waals surface area (Å²) < 4.78 is 42.8. The number of alkyl halides is 3. The molecule has 0 aliphatic carbocycles. The van der Waals surface area contributed by atoms with E-state index in [0.717, 1.165) is 23.5 Å². The Morgan fingerprint density at radius 2 is 1.95 bits per heavy atom. The van der Waals surface area contributed by atoms with Crippen molar-refractivity contribution in [3.05, 3.63) is 53.3 Å². The molecular weight excluding hydrogens is 315 g/mol. The number of aromatic nitrogens is 4. The van der Waals surface area contributed by atoms with Crippen molar-refractivity contribution >= 4 is 17.2 Å². The van der Waals surface area contributed by atoms with Gasteiger partial charge >= 0.3 is 6.18 Å². The van der Waals surface area contributed by atoms with Crippen LogP contribution in [0.1, 0.15) is 11.3 Å². The molecule has 1 N–H and O–H groups in total. The summed E-state index contributed by atoms with van der Waals surface area (Å²) in [4.78, 5) is 0. The van der Waals surface area contributed by atoms with E-state index in [1.54, 1.807) is 12.4 Å². The highest BCUT2D eigenvalue weighted by atomic mass is 32.1. The molecule has 0 fully saturated rings. The van der Waals surface area contributed by atoms with Gasteiger partial charge in [0, 0.05) is 5.38 Å². The molecular formula is C13H10F3N5S. The third kappa shape index (κ3) is 3.25. The van der Waals surface area contributed by atoms with Gasteiger partial charge in [-0.2, -0.15) is 18.3 Å². The van der Waals surface area contributed by atoms with Gasteiger partial charge in [0.25, 0.3) is 0 Å². The van der Waals surface area contributed by atoms with Crippen LogP contribution in [0.4, 0.5) is 18.9 Å². The molecule has 114 valence electrons. The number of anilines is 1. The SMILES string of the molecule is FC(F)(F)c1ccc(-n2cc(NCc3csnn3)cn2)cc1. The van der Waals surface area contributed by atoms with Crippen molar-refractivity contribution in [1.29, 1.82) is 0 Å². The van der Waals surface area contributed by atoms with Crippen molar-refractivity contribution in [3.63, 3.8) is 0 Å². The van der Waals surface area contributed by atoms with Gasteiger partial charge in [-0.1, -0.05) is 4.49 Å². The molecule has 0 atom stereocenters. The lowest BCUT2D eigenvalue weighted by Gasteiger charge is -2.07. The van der Waals surface area contributed by atoms with Crippen LogP contribution in [0.2, 0.25) is 0 Å². The zero-order valence-corrected chi connectivity index (χ0v) is 11.9. The highest BCUT2D eigenvalue weighted by Crippen LogP contribution is 2.29. The third-order valence-electron chi connectivity index (χ3n) is 2.92. The van der Waals surface area contributed by atoms with Gasteiger partial charge in [-0.25, -0.2) is 4.68 Å². The number of nitrogens with zero attached hydrogens (tertiary/aromatic N) is 4. The van der Waals surface area contributed by atoms with E-state index in [-0.39, 0.29) is 0 Å². The molecule has 3 rings (SSSR count). The van der Waals surface area contributed by atoms with Gasteiger partial charge in [0.1, 0.15) is 0 Å². The largest absolute Gasteiger partial charge is 0.416 e. The van der Waals surface area contributed by atoms with Crippen LogP contribution in [0.5, 0.6) is 0 Å². The number of benzene rings is 1. The Morgan fingerprint density at radius 1 is 1.18 bits per heavy atom. The van der Waals surface area contributed by atoms with Gasteiger partial charge in [-0.05, 0) is 35.8 Å². The lowest BCUT2D eigenvalue weighted by molar-refractivity contribution is -0.137. The van der Waals surface area contributed by atoms with Crippen LogP contribution in [0.3, 0.4) is 0 Å². The van der Waals surface area contributed by atoms with Crippen molar-refractivity contribution in [2.45, 2.75) is 12.7 Å². The Balaban J connectivity index is 1.70. The number of halogens is 3. The Hall–Kier alpha value is -2.42. The van der Waals surface area contributed by atoms with E-state index in [9.17, 15) is 13.2 Å². The molecule has 5 nitrogen and oxygen atoms in total. The van der Waals surface area contributed by atoms with E-state index >= 15 is 0 Å². The van der Waals surface area contributed by atoms with Crippen LogP contribution in [0.15, 0.2) is 42.0 Å². The first-order valence-corrected chi connectivity index (χ1v) is 7.08. The Morgan fingerprint density at radius 3 is 2.59 bits per heavy atom.